The number of aliphatic carboxylic acids is 1. The van der Waals surface area contributed by atoms with Crippen LogP contribution in [0.2, 0.25) is 0 Å². The minimum absolute atomic E-state index is 0.00370. The van der Waals surface area contributed by atoms with Gasteiger partial charge in [-0.1, -0.05) is 49.8 Å². The molecule has 0 heterocycles. The third kappa shape index (κ3) is 5.64. The first-order valence-electron chi connectivity index (χ1n) is 15.5. The molecule has 0 aromatic heterocycles. The number of nitrogens with one attached hydrogen (secondary N) is 1. The van der Waals surface area contributed by atoms with E-state index in [0.717, 1.165) is 24.0 Å². The van der Waals surface area contributed by atoms with Crippen molar-refractivity contribution >= 4 is 35.2 Å². The zero-order valence-electron chi connectivity index (χ0n) is 25.3. The zero-order valence-corrected chi connectivity index (χ0v) is 25.3. The molecule has 4 aliphatic rings. The molecule has 0 radical (unpaired) electrons. The number of allylic oxidation sites excluding steroid dienone is 1. The minimum Gasteiger partial charge on any atom is -0.480 e. The summed E-state index contributed by atoms with van der Waals surface area (Å²) in [6, 6.07) is 7.67. The predicted octanol–water partition coefficient (Wildman–Crippen LogP) is 3.13. The van der Waals surface area contributed by atoms with Crippen molar-refractivity contribution in [3.8, 4) is 0 Å². The van der Waals surface area contributed by atoms with Crippen LogP contribution in [0.25, 0.3) is 0 Å². The quantitative estimate of drug-likeness (QED) is 0.339. The molecule has 4 aliphatic carbocycles. The Bertz CT molecular complexity index is 1400. The van der Waals surface area contributed by atoms with Gasteiger partial charge in [-0.3, -0.25) is 24.0 Å². The molecule has 0 saturated heterocycles. The Labute approximate surface area is 256 Å². The molecule has 0 unspecified atom stereocenters. The Kier molecular flexibility index (Phi) is 8.68. The number of fused-ring (bicyclic) bond motifs is 5. The Morgan fingerprint density at radius 3 is 2.45 bits per heavy atom. The topological polar surface area (TPSA) is 164 Å². The number of hydrogen-bond donors (Lipinski definition) is 3. The normalized spacial score (nSPS) is 33.2. The molecule has 10 nitrogen and oxygen atoms in total. The molecule has 3 saturated carbocycles. The predicted molar refractivity (Wildman–Crippen MR) is 157 cm³/mol. The van der Waals surface area contributed by atoms with E-state index in [4.69, 9.17) is 4.74 Å². The van der Waals surface area contributed by atoms with E-state index in [-0.39, 0.29) is 66.8 Å². The first-order chi connectivity index (χ1) is 20.8. The van der Waals surface area contributed by atoms with Gasteiger partial charge in [0.05, 0.1) is 6.42 Å². The second-order valence-corrected chi connectivity index (χ2v) is 13.5. The number of benzene rings is 1. The van der Waals surface area contributed by atoms with Gasteiger partial charge in [0.2, 0.25) is 11.7 Å². The number of amides is 1. The number of carboxylic acid groups (broad SMARTS) is 1. The Balaban J connectivity index is 1.16. The maximum atomic E-state index is 13.8. The Morgan fingerprint density at radius 2 is 1.75 bits per heavy atom. The van der Waals surface area contributed by atoms with Gasteiger partial charge in [-0.05, 0) is 61.0 Å². The largest absolute Gasteiger partial charge is 0.480 e. The van der Waals surface area contributed by atoms with Crippen molar-refractivity contribution in [1.29, 1.82) is 0 Å². The van der Waals surface area contributed by atoms with Crippen LogP contribution in [0.1, 0.15) is 77.2 Å². The molecular weight excluding hydrogens is 566 g/mol. The molecule has 0 spiro atoms. The molecule has 1 aromatic rings. The highest BCUT2D eigenvalue weighted by Crippen LogP contribution is 2.66. The van der Waals surface area contributed by atoms with Crippen LogP contribution in [0.5, 0.6) is 0 Å². The standard InChI is InChI=1S/C34H41NO9/c1-32-14-12-22(36)17-21(32)8-9-23-24-13-15-34(43,33(24,2)18-26(37)30(23)32)27(38)19-44-29(40)11-10-28(39)35-25(31(41)42)16-20-6-4-3-5-7-20/h3-7,17,23-25,30,43H,8-16,18-19H2,1-2H3,(H,35,39)(H,41,42)/t23-,24+,25+,30-,32+,33-,34+/m1/s1. The van der Waals surface area contributed by atoms with E-state index in [0.29, 0.717) is 19.3 Å². The lowest BCUT2D eigenvalue weighted by molar-refractivity contribution is -0.173. The van der Waals surface area contributed by atoms with Crippen LogP contribution in [-0.2, 0) is 39.9 Å². The molecule has 236 valence electrons. The van der Waals surface area contributed by atoms with E-state index in [1.807, 2.05) is 0 Å². The van der Waals surface area contributed by atoms with E-state index in [1.54, 1.807) is 43.3 Å². The number of carbonyl (C=O) groups is 6. The summed E-state index contributed by atoms with van der Waals surface area (Å²) in [5.41, 5.74) is -1.43. The van der Waals surface area contributed by atoms with E-state index in [1.165, 1.54) is 0 Å². The maximum absolute atomic E-state index is 13.8. The van der Waals surface area contributed by atoms with Gasteiger partial charge in [0.15, 0.2) is 12.4 Å². The lowest BCUT2D eigenvalue weighted by Crippen LogP contribution is -2.61. The molecule has 10 heteroatoms. The number of Topliss-reactive ketones (excluding diaryl/α,β-unsaturated/α-hetero) is 2. The summed E-state index contributed by atoms with van der Waals surface area (Å²) in [5, 5.41) is 23.7. The number of carbonyl (C=O) groups excluding carboxylic acids is 5. The molecule has 3 fully saturated rings. The van der Waals surface area contributed by atoms with Crippen LogP contribution in [0.3, 0.4) is 0 Å². The molecule has 44 heavy (non-hydrogen) atoms. The smallest absolute Gasteiger partial charge is 0.326 e. The first-order valence-corrected chi connectivity index (χ1v) is 15.5. The summed E-state index contributed by atoms with van der Waals surface area (Å²) in [6.45, 7) is 3.20. The first kappa shape index (κ1) is 31.8. The molecule has 7 atom stereocenters. The van der Waals surface area contributed by atoms with Gasteiger partial charge in [-0.25, -0.2) is 4.79 Å². The summed E-state index contributed by atoms with van der Waals surface area (Å²) < 4.78 is 5.17. The van der Waals surface area contributed by atoms with Crippen molar-refractivity contribution in [3.63, 3.8) is 0 Å². The zero-order chi connectivity index (χ0) is 31.9. The van der Waals surface area contributed by atoms with Crippen LogP contribution in [0.15, 0.2) is 42.0 Å². The van der Waals surface area contributed by atoms with Crippen molar-refractivity contribution in [1.82, 2.24) is 5.32 Å². The third-order valence-corrected chi connectivity index (χ3v) is 11.1. The molecular formula is C34H41NO9. The summed E-state index contributed by atoms with van der Waals surface area (Å²) in [5.74, 6) is -3.52. The second-order valence-electron chi connectivity index (χ2n) is 13.5. The van der Waals surface area contributed by atoms with Crippen molar-refractivity contribution in [2.45, 2.75) is 89.7 Å². The lowest BCUT2D eigenvalue weighted by atomic mass is 9.46. The van der Waals surface area contributed by atoms with Crippen molar-refractivity contribution in [2.24, 2.45) is 28.6 Å². The highest BCUT2D eigenvalue weighted by molar-refractivity contribution is 5.95. The fourth-order valence-corrected chi connectivity index (χ4v) is 8.72. The van der Waals surface area contributed by atoms with Gasteiger partial charge < -0.3 is 20.3 Å². The summed E-state index contributed by atoms with van der Waals surface area (Å²) in [4.78, 5) is 75.7. The summed E-state index contributed by atoms with van der Waals surface area (Å²) in [7, 11) is 0. The molecule has 3 N–H and O–H groups in total. The van der Waals surface area contributed by atoms with Crippen molar-refractivity contribution in [2.75, 3.05) is 6.61 Å². The highest BCUT2D eigenvalue weighted by atomic mass is 16.5. The number of ether oxygens (including phenoxy) is 1. The molecule has 0 bridgehead atoms. The van der Waals surface area contributed by atoms with Crippen LogP contribution in [-0.4, -0.2) is 63.7 Å². The molecule has 1 aromatic carbocycles. The number of ketones is 3. The van der Waals surface area contributed by atoms with Gasteiger partial charge in [0.1, 0.15) is 17.4 Å². The van der Waals surface area contributed by atoms with Gasteiger partial charge >= 0.3 is 11.9 Å². The Hall–Kier alpha value is -3.66. The Morgan fingerprint density at radius 1 is 1.02 bits per heavy atom. The fourth-order valence-electron chi connectivity index (χ4n) is 8.72. The van der Waals surface area contributed by atoms with E-state index in [9.17, 15) is 39.0 Å². The van der Waals surface area contributed by atoms with Gasteiger partial charge in [0.25, 0.3) is 0 Å². The number of esters is 1. The number of aliphatic hydroxyl groups is 1. The van der Waals surface area contributed by atoms with Crippen LogP contribution < -0.4 is 5.32 Å². The van der Waals surface area contributed by atoms with Crippen LogP contribution in [0, 0.1) is 28.6 Å². The second kappa shape index (κ2) is 12.0. The third-order valence-electron chi connectivity index (χ3n) is 11.1. The van der Waals surface area contributed by atoms with Crippen LogP contribution in [0.4, 0.5) is 0 Å². The van der Waals surface area contributed by atoms with Gasteiger partial charge in [0, 0.05) is 37.0 Å². The summed E-state index contributed by atoms with van der Waals surface area (Å²) in [6.07, 6.45) is 4.39. The molecule has 1 amide bonds. The number of rotatable bonds is 10. The SMILES string of the molecule is C[C@]12CCC(=O)C=C1CC[C@H]1[C@@H]2C(=O)C[C@]2(C)[C@H]1CC[C@]2(O)C(=O)COC(=O)CCC(=O)N[C@@H](Cc1ccccc1)C(=O)O. The van der Waals surface area contributed by atoms with Gasteiger partial charge in [-0.15, -0.1) is 0 Å². The van der Waals surface area contributed by atoms with Crippen molar-refractivity contribution < 1.29 is 43.7 Å². The maximum Gasteiger partial charge on any atom is 0.326 e. The average molecular weight is 608 g/mol. The monoisotopic (exact) mass is 607 g/mol. The molecule has 5 rings (SSSR count). The fraction of sp³-hybridized carbons (Fsp3) is 0.588. The number of carboxylic acids is 1. The number of hydrogen-bond acceptors (Lipinski definition) is 8. The van der Waals surface area contributed by atoms with Crippen molar-refractivity contribution in [3.05, 3.63) is 47.5 Å². The highest BCUT2D eigenvalue weighted by Gasteiger charge is 2.68. The van der Waals surface area contributed by atoms with E-state index < -0.39 is 47.3 Å². The van der Waals surface area contributed by atoms with E-state index in [2.05, 4.69) is 12.2 Å². The van der Waals surface area contributed by atoms with Crippen LogP contribution >= 0.6 is 0 Å². The summed E-state index contributed by atoms with van der Waals surface area (Å²) >= 11 is 0. The lowest BCUT2D eigenvalue weighted by Gasteiger charge is -2.57. The minimum atomic E-state index is -1.83. The molecule has 0 aliphatic heterocycles. The van der Waals surface area contributed by atoms with E-state index >= 15 is 0 Å². The average Bonchev–Trinajstić information content (AvgIpc) is 3.25. The van der Waals surface area contributed by atoms with Gasteiger partial charge in [-0.2, -0.15) is 0 Å².